The lowest BCUT2D eigenvalue weighted by Gasteiger charge is -2.25. The van der Waals surface area contributed by atoms with Gasteiger partial charge in [-0.2, -0.15) is 0 Å². The standard InChI is InChI=1S/C21H20N2O7/c1-29-11-10-22-18(13-6-8-15(9-7-13)23(27)28)17(20(25)21(22)26)19(24)14-4-3-5-16(12-14)30-2/h3-9,12,18,24H,10-11H2,1-2H3/b19-17+. The van der Waals surface area contributed by atoms with Gasteiger partial charge in [0.2, 0.25) is 0 Å². The lowest BCUT2D eigenvalue weighted by molar-refractivity contribution is -0.384. The number of nitrogens with zero attached hydrogens (tertiary/aromatic N) is 2. The Morgan fingerprint density at radius 2 is 1.87 bits per heavy atom. The number of ether oxygens (including phenoxy) is 2. The van der Waals surface area contributed by atoms with Crippen molar-refractivity contribution in [2.24, 2.45) is 0 Å². The Morgan fingerprint density at radius 3 is 2.47 bits per heavy atom. The van der Waals surface area contributed by atoms with Crippen LogP contribution in [0.15, 0.2) is 54.1 Å². The highest BCUT2D eigenvalue weighted by molar-refractivity contribution is 6.46. The molecule has 3 rings (SSSR count). The van der Waals surface area contributed by atoms with Crippen LogP contribution >= 0.6 is 0 Å². The van der Waals surface area contributed by atoms with E-state index < -0.39 is 22.7 Å². The third kappa shape index (κ3) is 3.87. The summed E-state index contributed by atoms with van der Waals surface area (Å²) in [7, 11) is 2.94. The summed E-state index contributed by atoms with van der Waals surface area (Å²) in [4.78, 5) is 37.2. The van der Waals surface area contributed by atoms with Crippen molar-refractivity contribution < 1.29 is 29.1 Å². The highest BCUT2D eigenvalue weighted by atomic mass is 16.6. The zero-order chi connectivity index (χ0) is 21.8. The minimum absolute atomic E-state index is 0.0989. The molecule has 0 saturated carbocycles. The summed E-state index contributed by atoms with van der Waals surface area (Å²) in [6, 6.07) is 11.1. The SMILES string of the molecule is COCCN1C(=O)C(=O)/C(=C(/O)c2cccc(OC)c2)C1c1ccc([N+](=O)[O-])cc1. The molecule has 1 atom stereocenters. The first-order valence-corrected chi connectivity index (χ1v) is 9.05. The number of nitro benzene ring substituents is 1. The molecular weight excluding hydrogens is 392 g/mol. The van der Waals surface area contributed by atoms with Gasteiger partial charge in [-0.1, -0.05) is 12.1 Å². The van der Waals surface area contributed by atoms with Gasteiger partial charge in [-0.3, -0.25) is 19.7 Å². The molecule has 1 fully saturated rings. The molecule has 1 unspecified atom stereocenters. The second-order valence-corrected chi connectivity index (χ2v) is 6.57. The number of amides is 1. The van der Waals surface area contributed by atoms with E-state index in [1.165, 1.54) is 43.4 Å². The predicted molar refractivity (Wildman–Crippen MR) is 107 cm³/mol. The number of hydrogen-bond donors (Lipinski definition) is 1. The number of ketones is 1. The number of rotatable bonds is 7. The van der Waals surface area contributed by atoms with Crippen molar-refractivity contribution in [3.05, 3.63) is 75.3 Å². The van der Waals surface area contributed by atoms with Crippen molar-refractivity contribution in [1.82, 2.24) is 4.90 Å². The summed E-state index contributed by atoms with van der Waals surface area (Å²) in [6.07, 6.45) is 0. The smallest absolute Gasteiger partial charge is 0.295 e. The summed E-state index contributed by atoms with van der Waals surface area (Å²) in [6.45, 7) is 0.285. The Kier molecular flexibility index (Phi) is 6.12. The first-order chi connectivity index (χ1) is 14.4. The number of aliphatic hydroxyl groups is 1. The zero-order valence-electron chi connectivity index (χ0n) is 16.4. The van der Waals surface area contributed by atoms with Crippen LogP contribution in [-0.4, -0.2) is 54.0 Å². The fourth-order valence-electron chi connectivity index (χ4n) is 3.35. The summed E-state index contributed by atoms with van der Waals surface area (Å²) >= 11 is 0. The fourth-order valence-corrected chi connectivity index (χ4v) is 3.35. The maximum atomic E-state index is 12.8. The quantitative estimate of drug-likeness (QED) is 0.244. The molecular formula is C21H20N2O7. The molecule has 30 heavy (non-hydrogen) atoms. The number of hydrogen-bond acceptors (Lipinski definition) is 7. The van der Waals surface area contributed by atoms with Crippen LogP contribution < -0.4 is 4.74 Å². The van der Waals surface area contributed by atoms with Gasteiger partial charge >= 0.3 is 0 Å². The Bertz CT molecular complexity index is 1010. The Balaban J connectivity index is 2.15. The number of aliphatic hydroxyl groups excluding tert-OH is 1. The monoisotopic (exact) mass is 412 g/mol. The number of benzene rings is 2. The number of Topliss-reactive ketones (excluding diaryl/α,β-unsaturated/α-hetero) is 1. The number of non-ortho nitro benzene ring substituents is 1. The van der Waals surface area contributed by atoms with Crippen LogP contribution in [0, 0.1) is 10.1 Å². The summed E-state index contributed by atoms with van der Waals surface area (Å²) in [5, 5.41) is 21.9. The minimum Gasteiger partial charge on any atom is -0.507 e. The molecule has 1 N–H and O–H groups in total. The first kappa shape index (κ1) is 21.0. The molecule has 0 radical (unpaired) electrons. The number of carbonyl (C=O) groups excluding carboxylic acids is 2. The third-order valence-corrected chi connectivity index (χ3v) is 4.84. The molecule has 9 heteroatoms. The highest BCUT2D eigenvalue weighted by Gasteiger charge is 2.46. The average Bonchev–Trinajstić information content (AvgIpc) is 3.01. The lowest BCUT2D eigenvalue weighted by atomic mass is 9.95. The zero-order valence-corrected chi connectivity index (χ0v) is 16.4. The van der Waals surface area contributed by atoms with Gasteiger partial charge in [0.1, 0.15) is 11.5 Å². The maximum Gasteiger partial charge on any atom is 0.295 e. The van der Waals surface area contributed by atoms with Crippen LogP contribution in [0.5, 0.6) is 5.75 Å². The van der Waals surface area contributed by atoms with Crippen LogP contribution in [0.4, 0.5) is 5.69 Å². The molecule has 156 valence electrons. The van der Waals surface area contributed by atoms with E-state index >= 15 is 0 Å². The second-order valence-electron chi connectivity index (χ2n) is 6.57. The predicted octanol–water partition coefficient (Wildman–Crippen LogP) is 2.67. The lowest BCUT2D eigenvalue weighted by Crippen LogP contribution is -2.32. The van der Waals surface area contributed by atoms with Gasteiger partial charge in [-0.05, 0) is 29.8 Å². The molecule has 9 nitrogen and oxygen atoms in total. The summed E-state index contributed by atoms with van der Waals surface area (Å²) < 4.78 is 10.2. The van der Waals surface area contributed by atoms with E-state index in [2.05, 4.69) is 0 Å². The van der Waals surface area contributed by atoms with E-state index in [4.69, 9.17) is 9.47 Å². The Morgan fingerprint density at radius 1 is 1.17 bits per heavy atom. The normalized spacial score (nSPS) is 17.9. The number of nitro groups is 1. The van der Waals surface area contributed by atoms with Gasteiger partial charge in [0.15, 0.2) is 0 Å². The van der Waals surface area contributed by atoms with E-state index in [1.807, 2.05) is 0 Å². The molecule has 1 saturated heterocycles. The number of methoxy groups -OCH3 is 2. The molecule has 0 aliphatic carbocycles. The van der Waals surface area contributed by atoms with Crippen molar-refractivity contribution >= 4 is 23.1 Å². The summed E-state index contributed by atoms with van der Waals surface area (Å²) in [5.74, 6) is -1.50. The molecule has 1 aliphatic rings. The Hall–Kier alpha value is -3.72. The van der Waals surface area contributed by atoms with Crippen LogP contribution in [0.25, 0.3) is 5.76 Å². The van der Waals surface area contributed by atoms with E-state index in [1.54, 1.807) is 24.3 Å². The Labute approximate surface area is 172 Å². The maximum absolute atomic E-state index is 12.8. The van der Waals surface area contributed by atoms with Crippen LogP contribution in [0.1, 0.15) is 17.2 Å². The van der Waals surface area contributed by atoms with E-state index in [9.17, 15) is 24.8 Å². The van der Waals surface area contributed by atoms with Crippen molar-refractivity contribution in [2.75, 3.05) is 27.4 Å². The minimum atomic E-state index is -0.910. The number of likely N-dealkylation sites (tertiary alicyclic amines) is 1. The third-order valence-electron chi connectivity index (χ3n) is 4.84. The van der Waals surface area contributed by atoms with Gasteiger partial charge in [0, 0.05) is 31.4 Å². The highest BCUT2D eigenvalue weighted by Crippen LogP contribution is 2.39. The van der Waals surface area contributed by atoms with Gasteiger partial charge in [-0.15, -0.1) is 0 Å². The molecule has 0 aromatic heterocycles. The summed E-state index contributed by atoms with van der Waals surface area (Å²) in [5.41, 5.74) is 0.546. The topological polar surface area (TPSA) is 119 Å². The average molecular weight is 412 g/mol. The molecule has 1 aliphatic heterocycles. The molecule has 2 aromatic carbocycles. The molecule has 1 heterocycles. The van der Waals surface area contributed by atoms with Crippen molar-refractivity contribution in [3.63, 3.8) is 0 Å². The van der Waals surface area contributed by atoms with Gasteiger partial charge in [-0.25, -0.2) is 0 Å². The molecule has 1 amide bonds. The van der Waals surface area contributed by atoms with Crippen molar-refractivity contribution in [2.45, 2.75) is 6.04 Å². The molecule has 0 bridgehead atoms. The molecule has 2 aromatic rings. The van der Waals surface area contributed by atoms with Crippen LogP contribution in [0.3, 0.4) is 0 Å². The second kappa shape index (κ2) is 8.75. The number of carbonyl (C=O) groups is 2. The van der Waals surface area contributed by atoms with E-state index in [-0.39, 0.29) is 30.2 Å². The largest absolute Gasteiger partial charge is 0.507 e. The van der Waals surface area contributed by atoms with E-state index in [0.29, 0.717) is 16.9 Å². The van der Waals surface area contributed by atoms with Gasteiger partial charge in [0.25, 0.3) is 17.4 Å². The van der Waals surface area contributed by atoms with Crippen LogP contribution in [-0.2, 0) is 14.3 Å². The molecule has 0 spiro atoms. The van der Waals surface area contributed by atoms with Gasteiger partial charge < -0.3 is 19.5 Å². The van der Waals surface area contributed by atoms with E-state index in [0.717, 1.165) is 0 Å². The first-order valence-electron chi connectivity index (χ1n) is 9.05. The fraction of sp³-hybridized carbons (Fsp3) is 0.238. The van der Waals surface area contributed by atoms with Crippen LogP contribution in [0.2, 0.25) is 0 Å². The van der Waals surface area contributed by atoms with Crippen molar-refractivity contribution in [3.8, 4) is 5.75 Å². The van der Waals surface area contributed by atoms with Crippen molar-refractivity contribution in [1.29, 1.82) is 0 Å². The van der Waals surface area contributed by atoms with Gasteiger partial charge in [0.05, 0.1) is 30.3 Å².